The Labute approximate surface area is 159 Å². The van der Waals surface area contributed by atoms with E-state index in [0.717, 1.165) is 3.57 Å². The molecule has 1 nitrogen and oxygen atoms in total. The Bertz CT molecular complexity index is 310. The quantitative estimate of drug-likeness (QED) is 0.355. The molecule has 0 unspecified atom stereocenters. The summed E-state index contributed by atoms with van der Waals surface area (Å²) in [5.74, 6) is 0. The van der Waals surface area contributed by atoms with Crippen LogP contribution in [0.5, 0.6) is 0 Å². The van der Waals surface area contributed by atoms with Crippen LogP contribution in [0, 0.1) is 67.8 Å². The molecule has 2 fully saturated rings. The van der Waals surface area contributed by atoms with Crippen LogP contribution in [0.25, 0.3) is 0 Å². The van der Waals surface area contributed by atoms with Crippen molar-refractivity contribution in [1.82, 2.24) is 0 Å². The summed E-state index contributed by atoms with van der Waals surface area (Å²) in [7, 11) is 4.64. The zero-order chi connectivity index (χ0) is 15.8. The molecule has 1 aromatic carbocycles. The summed E-state index contributed by atoms with van der Waals surface area (Å²) in [5.41, 5.74) is 0.607. The Morgan fingerprint density at radius 2 is 1.00 bits per heavy atom. The number of hydrogen-bond donors (Lipinski definition) is 0. The average molecular weight is 445 g/mol. The number of benzene rings is 1. The third-order valence-electron chi connectivity index (χ3n) is 2.07. The molecule has 2 aliphatic rings. The predicted molar refractivity (Wildman–Crippen MR) is 92.8 cm³/mol. The summed E-state index contributed by atoms with van der Waals surface area (Å²) in [4.78, 5) is 9.99. The van der Waals surface area contributed by atoms with Crippen LogP contribution in [0.15, 0.2) is 24.3 Å². The van der Waals surface area contributed by atoms with Crippen molar-refractivity contribution in [2.45, 2.75) is 0 Å². The molecular weight excluding hydrogens is 430 g/mol. The maximum absolute atomic E-state index is 9.99. The second-order valence-electron chi connectivity index (χ2n) is 3.53. The minimum absolute atomic E-state index is 0.607. The van der Waals surface area contributed by atoms with E-state index in [1.54, 1.807) is 18.4 Å². The Balaban J connectivity index is 0.000000286. The Morgan fingerprint density at radius 1 is 0.714 bits per heavy atom. The third-order valence-corrected chi connectivity index (χ3v) is 2.79. The van der Waals surface area contributed by atoms with Crippen LogP contribution in [0.4, 0.5) is 0 Å². The van der Waals surface area contributed by atoms with Crippen LogP contribution in [-0.2, 0) is 24.2 Å². The van der Waals surface area contributed by atoms with E-state index in [2.05, 4.69) is 31.9 Å². The third kappa shape index (κ3) is 14.0. The van der Waals surface area contributed by atoms with Crippen LogP contribution in [-0.4, -0.2) is 6.29 Å². The van der Waals surface area contributed by atoms with Gasteiger partial charge < -0.3 is 4.79 Å². The van der Waals surface area contributed by atoms with Crippen molar-refractivity contribution in [3.63, 3.8) is 0 Å². The Hall–Kier alpha value is 0.624. The molecule has 0 aromatic heterocycles. The van der Waals surface area contributed by atoms with Crippen molar-refractivity contribution < 1.29 is 24.2 Å². The second-order valence-corrected chi connectivity index (χ2v) is 4.78. The molecule has 10 radical (unpaired) electrons. The predicted octanol–water partition coefficient (Wildman–Crippen LogP) is 4.48. The van der Waals surface area contributed by atoms with Gasteiger partial charge in [-0.1, -0.05) is 0 Å². The molecule has 0 amide bonds. The van der Waals surface area contributed by atoms with Crippen LogP contribution in [0.3, 0.4) is 0 Å². The molecule has 21 heavy (non-hydrogen) atoms. The first-order valence-corrected chi connectivity index (χ1v) is 9.21. The van der Waals surface area contributed by atoms with Crippen LogP contribution in [0.2, 0.25) is 0 Å². The first kappa shape index (κ1) is 21.6. The molecular formula is C17H14ClIOTi+2. The number of halogens is 2. The molecule has 0 saturated heterocycles. The zero-order valence-corrected chi connectivity index (χ0v) is 15.7. The standard InChI is InChI=1S/C7H4IO.2C5H5.ClH.Ti/c8-7-3-1-6(5-9)2-4-7;2*1-2-4-5-3-1;;/h1-4H;2*1-5H;1H;/q-1;;;;+4/p-1. The normalized spacial score (nSPS) is 15.6. The van der Waals surface area contributed by atoms with Crippen molar-refractivity contribution in [3.8, 4) is 0 Å². The topological polar surface area (TPSA) is 17.1 Å². The number of carbonyl (C=O) groups excluding carboxylic acids is 1. The molecule has 3 rings (SSSR count). The molecule has 0 atom stereocenters. The summed E-state index contributed by atoms with van der Waals surface area (Å²) in [6.07, 6.45) is 21.8. The molecule has 1 aromatic rings. The van der Waals surface area contributed by atoms with Gasteiger partial charge in [0.05, 0.1) is 6.29 Å². The Kier molecular flexibility index (Phi) is 17.5. The van der Waals surface area contributed by atoms with Gasteiger partial charge >= 0.3 is 28.7 Å². The van der Waals surface area contributed by atoms with Gasteiger partial charge in [0.2, 0.25) is 0 Å². The van der Waals surface area contributed by atoms with Gasteiger partial charge in [0.25, 0.3) is 0 Å². The van der Waals surface area contributed by atoms with E-state index in [1.165, 1.54) is 19.4 Å². The van der Waals surface area contributed by atoms with Gasteiger partial charge in [0.1, 0.15) is 0 Å². The Morgan fingerprint density at radius 3 is 1.24 bits per heavy atom. The molecule has 2 aliphatic carbocycles. The molecule has 0 aliphatic heterocycles. The van der Waals surface area contributed by atoms with Crippen LogP contribution in [0.1, 0.15) is 5.56 Å². The summed E-state index contributed by atoms with van der Waals surface area (Å²) in [5, 5.41) is 0. The van der Waals surface area contributed by atoms with Gasteiger partial charge in [-0.3, -0.25) is 0 Å². The second kappa shape index (κ2) is 17.0. The van der Waals surface area contributed by atoms with Gasteiger partial charge in [0, 0.05) is 0 Å². The van der Waals surface area contributed by atoms with Gasteiger partial charge in [-0.25, -0.2) is 0 Å². The van der Waals surface area contributed by atoms with E-state index >= 15 is 0 Å². The molecule has 2 saturated carbocycles. The summed E-state index contributed by atoms with van der Waals surface area (Å²) in [6.45, 7) is 0. The van der Waals surface area contributed by atoms with E-state index in [0.29, 0.717) is 5.56 Å². The van der Waals surface area contributed by atoms with E-state index in [4.69, 9.17) is 0 Å². The first-order chi connectivity index (χ1) is 10.3. The number of hydrogen-bond acceptors (Lipinski definition) is 1. The summed E-state index contributed by atoms with van der Waals surface area (Å²) in [6, 6.07) is 7.24. The van der Waals surface area contributed by atoms with Crippen LogP contribution >= 0.6 is 31.9 Å². The van der Waals surface area contributed by atoms with Gasteiger partial charge in [-0.2, -0.15) is 17.7 Å². The molecule has 4 heteroatoms. The minimum atomic E-state index is 0.607. The molecule has 0 heterocycles. The fourth-order valence-corrected chi connectivity index (χ4v) is 1.52. The van der Waals surface area contributed by atoms with Crippen molar-refractivity contribution in [2.75, 3.05) is 0 Å². The van der Waals surface area contributed by atoms with Gasteiger partial charge in [-0.15, -0.1) is 12.1 Å². The van der Waals surface area contributed by atoms with Crippen molar-refractivity contribution in [1.29, 1.82) is 0 Å². The van der Waals surface area contributed by atoms with Crippen molar-refractivity contribution >= 4 is 38.2 Å². The zero-order valence-electron chi connectivity index (χ0n) is 11.2. The van der Waals surface area contributed by atoms with E-state index in [-0.39, 0.29) is 0 Å². The molecule has 0 spiro atoms. The monoisotopic (exact) mass is 444 g/mol. The molecule has 104 valence electrons. The summed E-state index contributed by atoms with van der Waals surface area (Å²) < 4.78 is 1.13. The van der Waals surface area contributed by atoms with E-state index in [1.807, 2.05) is 76.3 Å². The molecule has 0 N–H and O–H groups in total. The summed E-state index contributed by atoms with van der Waals surface area (Å²) >= 11 is 3.66. The van der Waals surface area contributed by atoms with Gasteiger partial charge in [-0.05, 0) is 90.4 Å². The van der Waals surface area contributed by atoms with Crippen molar-refractivity contribution in [2.24, 2.45) is 0 Å². The van der Waals surface area contributed by atoms with Crippen LogP contribution < -0.4 is 0 Å². The first-order valence-electron chi connectivity index (χ1n) is 5.99. The van der Waals surface area contributed by atoms with E-state index in [9.17, 15) is 4.79 Å². The average Bonchev–Trinajstić information content (AvgIpc) is 3.28. The van der Waals surface area contributed by atoms with E-state index < -0.39 is 0 Å². The number of rotatable bonds is 1. The molecule has 0 bridgehead atoms. The fourth-order valence-electron chi connectivity index (χ4n) is 1.16. The maximum atomic E-state index is 9.99. The van der Waals surface area contributed by atoms with Crippen molar-refractivity contribution in [3.05, 3.63) is 97.6 Å². The fraction of sp³-hybridized carbons (Fsp3) is 0. The van der Waals surface area contributed by atoms with Gasteiger partial charge in [0.15, 0.2) is 0 Å². The SMILES string of the molecule is O=[C-]c1ccc(I)cc1.[CH]1[CH][CH][CH][CH]1.[CH]1[CH][CH][CH][CH]1.[Cl][Ti+3].